The van der Waals surface area contributed by atoms with E-state index in [1.165, 1.54) is 154 Å². The van der Waals surface area contributed by atoms with Gasteiger partial charge in [-0.3, -0.25) is 0 Å². The molecular weight excluding hydrogens is 1310 g/mol. The van der Waals surface area contributed by atoms with Gasteiger partial charge in [-0.1, -0.05) is 285 Å². The van der Waals surface area contributed by atoms with E-state index in [9.17, 15) is 34.3 Å². The number of fused-ring (bicyclic) bond motifs is 2. The zero-order chi connectivity index (χ0) is 67.9. The molecule has 15 nitrogen and oxygen atoms in total. The van der Waals surface area contributed by atoms with Crippen molar-refractivity contribution in [2.75, 3.05) is 0 Å². The van der Waals surface area contributed by atoms with Crippen LogP contribution in [0.25, 0.3) is 0 Å². The molecule has 4 atom stereocenters. The van der Waals surface area contributed by atoms with Crippen LogP contribution in [0.3, 0.4) is 0 Å². The van der Waals surface area contributed by atoms with Gasteiger partial charge in [-0.15, -0.1) is 0 Å². The highest BCUT2D eigenvalue weighted by Crippen LogP contribution is 2.61. The quantitative estimate of drug-likeness (QED) is 0.0162. The van der Waals surface area contributed by atoms with E-state index in [1.807, 2.05) is 12.1 Å². The van der Waals surface area contributed by atoms with Crippen molar-refractivity contribution in [3.63, 3.8) is 0 Å². The molecule has 3 aliphatic heterocycles. The van der Waals surface area contributed by atoms with Crippen molar-refractivity contribution in [3.8, 4) is 46.0 Å². The number of unbranched alkanes of at least 4 members (excludes halogenated alkanes) is 36. The maximum Gasteiger partial charge on any atom is 0.460 e. The highest BCUT2D eigenvalue weighted by atomic mass is 31.2. The second-order valence-electron chi connectivity index (χ2n) is 27.8. The third-order valence-electron chi connectivity index (χ3n) is 20.4. The summed E-state index contributed by atoms with van der Waals surface area (Å²) in [5.41, 5.74) is 6.07. The van der Waals surface area contributed by atoms with Gasteiger partial charge in [0.05, 0.1) is 0 Å². The summed E-state index contributed by atoms with van der Waals surface area (Å²) in [6.07, 6.45) is 48.5. The van der Waals surface area contributed by atoms with Crippen LogP contribution >= 0.6 is 43.0 Å². The van der Waals surface area contributed by atoms with Gasteiger partial charge in [-0.25, -0.2) is 0 Å². The largest absolute Gasteiger partial charge is 0.460 e. The second-order valence-corrected chi connectivity index (χ2v) is 31.7. The van der Waals surface area contributed by atoms with Crippen molar-refractivity contribution in [2.24, 2.45) is 0 Å². The standard InChI is InChI=1S/C76H119O15P5/c1-5-9-13-17-21-25-29-33-37-41-45-57-61-49-63-58(46-42-38-34-30-26-22-18-14-10-6-2)65-51-67-60(48-44-40-36-32-28-24-20-16-12-8-4)68-52-66-59(47-43-39-35-31-27-23-19-15-11-7-3)64-50-62(57)70(85-93(79)80)54-72(64)87-95(82)89-74(66)56-76(68)91-96(83)90-75(67)55-73(65)88-94(81)86-71(63)53-69(61)84-92(77)78/h49-60,77-83H,5-48H2,1-4H3. The molecule has 7 N–H and O–H groups in total. The highest BCUT2D eigenvalue weighted by molar-refractivity contribution is 7.42. The van der Waals surface area contributed by atoms with Gasteiger partial charge >= 0.3 is 43.0 Å². The van der Waals surface area contributed by atoms with Crippen molar-refractivity contribution in [1.29, 1.82) is 0 Å². The predicted molar refractivity (Wildman–Crippen MR) is 394 cm³/mol. The van der Waals surface area contributed by atoms with E-state index in [4.69, 9.17) is 36.2 Å². The van der Waals surface area contributed by atoms with Gasteiger partial charge in [0.25, 0.3) is 0 Å². The number of hydrogen-bond donors (Lipinski definition) is 7. The molecule has 0 saturated heterocycles. The lowest BCUT2D eigenvalue weighted by molar-refractivity contribution is 0.357. The van der Waals surface area contributed by atoms with Crippen LogP contribution in [0.5, 0.6) is 46.0 Å². The number of hydrogen-bond acceptors (Lipinski definition) is 15. The first kappa shape index (κ1) is 78.9. The van der Waals surface area contributed by atoms with Gasteiger partial charge < -0.3 is 70.4 Å². The average Bonchev–Trinajstić information content (AvgIpc) is 0.750. The molecule has 0 radical (unpaired) electrons. The van der Waals surface area contributed by atoms with Crippen molar-refractivity contribution in [1.82, 2.24) is 0 Å². The van der Waals surface area contributed by atoms with E-state index in [0.29, 0.717) is 59.8 Å². The van der Waals surface area contributed by atoms with Gasteiger partial charge in [0.1, 0.15) is 46.0 Å². The van der Waals surface area contributed by atoms with Crippen LogP contribution in [0.15, 0.2) is 48.5 Å². The van der Waals surface area contributed by atoms with Gasteiger partial charge in [-0.2, -0.15) is 0 Å². The summed E-state index contributed by atoms with van der Waals surface area (Å²) in [7, 11) is -13.9. The minimum atomic E-state index is -3.00. The molecule has 0 fully saturated rings. The van der Waals surface area contributed by atoms with Crippen LogP contribution in [0.2, 0.25) is 0 Å². The molecule has 4 unspecified atom stereocenters. The maximum absolute atomic E-state index is 12.0. The van der Waals surface area contributed by atoms with E-state index < -0.39 is 60.8 Å². The molecule has 96 heavy (non-hydrogen) atoms. The lowest BCUT2D eigenvalue weighted by Gasteiger charge is -2.35. The van der Waals surface area contributed by atoms with Crippen molar-refractivity contribution in [2.45, 2.75) is 334 Å². The molecule has 0 saturated carbocycles. The Morgan fingerprint density at radius 3 is 0.646 bits per heavy atom. The summed E-state index contributed by atoms with van der Waals surface area (Å²) in [6.45, 7) is 9.01. The van der Waals surface area contributed by atoms with Crippen molar-refractivity contribution < 1.29 is 70.4 Å². The van der Waals surface area contributed by atoms with E-state index in [2.05, 4.69) is 52.0 Å². The summed E-state index contributed by atoms with van der Waals surface area (Å²) in [4.78, 5) is 80.1. The Kier molecular flexibility index (Phi) is 36.0. The Bertz CT molecular complexity index is 2720. The molecule has 1 aliphatic carbocycles. The first-order valence-electron chi connectivity index (χ1n) is 37.9. The first-order valence-corrected chi connectivity index (χ1v) is 43.6. The minimum Gasteiger partial charge on any atom is -0.427 e. The summed E-state index contributed by atoms with van der Waals surface area (Å²) < 4.78 is 51.6. The third kappa shape index (κ3) is 24.7. The average molecular weight is 1430 g/mol. The molecule has 3 heterocycles. The van der Waals surface area contributed by atoms with Gasteiger partial charge in [0.2, 0.25) is 0 Å². The Balaban J connectivity index is 1.34. The highest BCUT2D eigenvalue weighted by Gasteiger charge is 2.40. The van der Waals surface area contributed by atoms with E-state index in [1.54, 1.807) is 12.1 Å². The molecule has 0 amide bonds. The van der Waals surface area contributed by atoms with Gasteiger partial charge in [0.15, 0.2) is 0 Å². The molecule has 0 aromatic heterocycles. The zero-order valence-electron chi connectivity index (χ0n) is 58.7. The van der Waals surface area contributed by atoms with Crippen molar-refractivity contribution >= 4 is 43.0 Å². The lowest BCUT2D eigenvalue weighted by atomic mass is 9.76. The molecule has 8 rings (SSSR count). The fourth-order valence-electron chi connectivity index (χ4n) is 15.2. The van der Waals surface area contributed by atoms with Crippen LogP contribution in [0.4, 0.5) is 0 Å². The van der Waals surface area contributed by atoms with Crippen LogP contribution in [0.1, 0.15) is 378 Å². The van der Waals surface area contributed by atoms with Crippen LogP contribution < -0.4 is 36.2 Å². The SMILES string of the molecule is CCCCCCCCCCCCC1c2cc3c(cc2OP(O)O)OP(O)Oc2cc4c(cc2C3CCCCCCCCCCCC)C(CCCCCCCCCCCC)c2cc3c(cc2OP(O)O4)OP(O)Oc2cc(OP(O)O)c1cc2C3CCCCCCCCCCCC. The molecule has 4 aromatic carbocycles. The molecule has 4 aromatic rings. The summed E-state index contributed by atoms with van der Waals surface area (Å²) in [6, 6.07) is 15.5. The van der Waals surface area contributed by atoms with Crippen LogP contribution in [0, 0.1) is 0 Å². The summed E-state index contributed by atoms with van der Waals surface area (Å²) in [5, 5.41) is 0. The minimum absolute atomic E-state index is 0.130. The summed E-state index contributed by atoms with van der Waals surface area (Å²) in [5.74, 6) is 0.541. The predicted octanol–water partition coefficient (Wildman–Crippen LogP) is 24.9. The topological polar surface area (TPSA) is 215 Å². The fraction of sp³-hybridized carbons (Fsp3) is 0.684. The number of rotatable bonds is 48. The molecule has 538 valence electrons. The fourth-order valence-corrected chi connectivity index (χ4v) is 17.9. The molecule has 8 bridgehead atoms. The lowest BCUT2D eigenvalue weighted by Crippen LogP contribution is -2.17. The molecule has 20 heteroatoms. The van der Waals surface area contributed by atoms with Crippen molar-refractivity contribution in [3.05, 3.63) is 93.0 Å². The summed E-state index contributed by atoms with van der Waals surface area (Å²) >= 11 is 0. The normalized spacial score (nSPS) is 19.1. The Hall–Kier alpha value is -2.85. The monoisotopic (exact) mass is 1430 g/mol. The van der Waals surface area contributed by atoms with E-state index in [0.717, 1.165) is 136 Å². The van der Waals surface area contributed by atoms with Gasteiger partial charge in [0, 0.05) is 92.4 Å². The third-order valence-corrected chi connectivity index (χ3v) is 23.2. The molecular formula is C76H119O15P5. The Morgan fingerprint density at radius 1 is 0.260 bits per heavy atom. The zero-order valence-corrected chi connectivity index (χ0v) is 63.1. The molecule has 0 spiro atoms. The first-order chi connectivity index (χ1) is 46.9. The van der Waals surface area contributed by atoms with Crippen LogP contribution in [-0.4, -0.2) is 34.3 Å². The maximum atomic E-state index is 12.0. The Labute approximate surface area is 583 Å². The Morgan fingerprint density at radius 2 is 0.438 bits per heavy atom. The smallest absolute Gasteiger partial charge is 0.427 e. The molecule has 4 aliphatic rings. The number of benzene rings is 4. The van der Waals surface area contributed by atoms with E-state index >= 15 is 0 Å². The second kappa shape index (κ2) is 43.8. The van der Waals surface area contributed by atoms with Crippen LogP contribution in [-0.2, 0) is 0 Å². The van der Waals surface area contributed by atoms with Gasteiger partial charge in [-0.05, 0) is 49.9 Å². The van der Waals surface area contributed by atoms with E-state index in [-0.39, 0.29) is 28.9 Å².